The molecule has 3 rings (SSSR count). The predicted octanol–water partition coefficient (Wildman–Crippen LogP) is 4.36. The molecular weight excluding hydrogens is 315 g/mol. The van der Waals surface area contributed by atoms with Crippen molar-refractivity contribution in [1.82, 2.24) is 4.98 Å². The van der Waals surface area contributed by atoms with Crippen LogP contribution in [0.4, 0.5) is 24.7 Å². The minimum absolute atomic E-state index is 0.124. The van der Waals surface area contributed by atoms with Crippen molar-refractivity contribution in [2.45, 2.75) is 6.54 Å². The summed E-state index contributed by atoms with van der Waals surface area (Å²) >= 11 is 0. The van der Waals surface area contributed by atoms with Crippen molar-refractivity contribution < 1.29 is 13.2 Å². The zero-order chi connectivity index (χ0) is 17.1. The summed E-state index contributed by atoms with van der Waals surface area (Å²) in [5.41, 5.74) is 8.54. The van der Waals surface area contributed by atoms with Crippen LogP contribution in [0.25, 0.3) is 11.1 Å². The Balaban J connectivity index is 1.71. The normalized spacial score (nSPS) is 10.6. The molecule has 0 saturated heterocycles. The third kappa shape index (κ3) is 3.48. The Morgan fingerprint density at radius 3 is 2.29 bits per heavy atom. The molecule has 1 heterocycles. The number of nitrogens with one attached hydrogen (secondary N) is 1. The first-order chi connectivity index (χ1) is 11.5. The van der Waals surface area contributed by atoms with Crippen molar-refractivity contribution in [1.29, 1.82) is 0 Å². The molecule has 3 aromatic rings. The molecule has 0 fully saturated rings. The Labute approximate surface area is 137 Å². The molecular formula is C18H14F3N3. The number of nitrogen functional groups attached to an aromatic ring is 1. The number of hydrogen-bond acceptors (Lipinski definition) is 3. The predicted molar refractivity (Wildman–Crippen MR) is 87.7 cm³/mol. The van der Waals surface area contributed by atoms with Gasteiger partial charge in [0.15, 0.2) is 17.5 Å². The molecule has 0 radical (unpaired) electrons. The van der Waals surface area contributed by atoms with Gasteiger partial charge in [-0.2, -0.15) is 0 Å². The molecule has 3 N–H and O–H groups in total. The van der Waals surface area contributed by atoms with Gasteiger partial charge in [0.05, 0.1) is 0 Å². The number of hydrogen-bond donors (Lipinski definition) is 2. The number of anilines is 2. The average molecular weight is 329 g/mol. The Hall–Kier alpha value is -3.02. The lowest BCUT2D eigenvalue weighted by Gasteiger charge is -2.08. The summed E-state index contributed by atoms with van der Waals surface area (Å²) in [6, 6.07) is 12.9. The topological polar surface area (TPSA) is 50.9 Å². The van der Waals surface area contributed by atoms with Crippen molar-refractivity contribution in [2.24, 2.45) is 0 Å². The summed E-state index contributed by atoms with van der Waals surface area (Å²) in [5.74, 6) is -3.36. The maximum atomic E-state index is 13.2. The maximum Gasteiger partial charge on any atom is 0.194 e. The standard InChI is InChI=1S/C18H14F3N3/c19-15-6-11(7-16(20)18(15)21)9-23-17-5-4-13(10-24-17)12-2-1-3-14(22)8-12/h1-8,10H,9,22H2,(H,23,24). The fourth-order valence-electron chi connectivity index (χ4n) is 2.29. The Morgan fingerprint density at radius 2 is 1.67 bits per heavy atom. The summed E-state index contributed by atoms with van der Waals surface area (Å²) in [6.45, 7) is 0.124. The first kappa shape index (κ1) is 15.9. The zero-order valence-corrected chi connectivity index (χ0v) is 12.6. The molecule has 6 heteroatoms. The molecule has 122 valence electrons. The third-order valence-corrected chi connectivity index (χ3v) is 3.50. The molecule has 1 aromatic heterocycles. The molecule has 0 amide bonds. The number of nitrogens with zero attached hydrogens (tertiary/aromatic N) is 1. The molecule has 24 heavy (non-hydrogen) atoms. The Morgan fingerprint density at radius 1 is 0.917 bits per heavy atom. The van der Waals surface area contributed by atoms with Gasteiger partial charge in [-0.15, -0.1) is 0 Å². The molecule has 2 aromatic carbocycles. The second-order valence-electron chi connectivity index (χ2n) is 5.28. The molecule has 0 aliphatic carbocycles. The van der Waals surface area contributed by atoms with Crippen LogP contribution in [0.15, 0.2) is 54.7 Å². The summed E-state index contributed by atoms with van der Waals surface area (Å²) in [7, 11) is 0. The largest absolute Gasteiger partial charge is 0.399 e. The number of pyridine rings is 1. The first-order valence-electron chi connectivity index (χ1n) is 7.22. The molecule has 0 bridgehead atoms. The smallest absolute Gasteiger partial charge is 0.194 e. The Bertz CT molecular complexity index is 841. The van der Waals surface area contributed by atoms with E-state index in [2.05, 4.69) is 10.3 Å². The van der Waals surface area contributed by atoms with E-state index in [9.17, 15) is 13.2 Å². The molecule has 3 nitrogen and oxygen atoms in total. The van der Waals surface area contributed by atoms with Gasteiger partial charge in [0, 0.05) is 24.0 Å². The lowest BCUT2D eigenvalue weighted by molar-refractivity contribution is 0.445. The SMILES string of the molecule is Nc1cccc(-c2ccc(NCc3cc(F)c(F)c(F)c3)nc2)c1. The van der Waals surface area contributed by atoms with Crippen LogP contribution >= 0.6 is 0 Å². The van der Waals surface area contributed by atoms with Crippen LogP contribution < -0.4 is 11.1 Å². The third-order valence-electron chi connectivity index (χ3n) is 3.50. The van der Waals surface area contributed by atoms with Gasteiger partial charge in [-0.25, -0.2) is 18.2 Å². The van der Waals surface area contributed by atoms with Gasteiger partial charge in [0.1, 0.15) is 5.82 Å². The number of aromatic nitrogens is 1. The van der Waals surface area contributed by atoms with Crippen molar-refractivity contribution >= 4 is 11.5 Å². The molecule has 0 aliphatic rings. The molecule has 0 aliphatic heterocycles. The monoisotopic (exact) mass is 329 g/mol. The highest BCUT2D eigenvalue weighted by Gasteiger charge is 2.10. The van der Waals surface area contributed by atoms with Crippen molar-refractivity contribution in [2.75, 3.05) is 11.1 Å². The van der Waals surface area contributed by atoms with E-state index in [0.717, 1.165) is 23.3 Å². The second kappa shape index (κ2) is 6.62. The van der Waals surface area contributed by atoms with Gasteiger partial charge >= 0.3 is 0 Å². The van der Waals surface area contributed by atoms with Gasteiger partial charge in [0.25, 0.3) is 0 Å². The molecule has 0 spiro atoms. The van der Waals surface area contributed by atoms with Crippen molar-refractivity contribution in [3.05, 3.63) is 77.7 Å². The van der Waals surface area contributed by atoms with E-state index in [-0.39, 0.29) is 12.1 Å². The van der Waals surface area contributed by atoms with Crippen molar-refractivity contribution in [3.63, 3.8) is 0 Å². The van der Waals surface area contributed by atoms with Gasteiger partial charge in [-0.1, -0.05) is 12.1 Å². The van der Waals surface area contributed by atoms with Crippen LogP contribution in [0.5, 0.6) is 0 Å². The molecule has 0 unspecified atom stereocenters. The zero-order valence-electron chi connectivity index (χ0n) is 12.6. The summed E-state index contributed by atoms with van der Waals surface area (Å²) < 4.78 is 39.3. The highest BCUT2D eigenvalue weighted by molar-refractivity contribution is 5.67. The van der Waals surface area contributed by atoms with Crippen LogP contribution in [0.2, 0.25) is 0 Å². The highest BCUT2D eigenvalue weighted by Crippen LogP contribution is 2.22. The lowest BCUT2D eigenvalue weighted by Crippen LogP contribution is -2.03. The van der Waals surface area contributed by atoms with Gasteiger partial charge in [-0.3, -0.25) is 0 Å². The van der Waals surface area contributed by atoms with E-state index in [1.54, 1.807) is 18.3 Å². The van der Waals surface area contributed by atoms with E-state index < -0.39 is 17.5 Å². The van der Waals surface area contributed by atoms with Crippen LogP contribution in [0.3, 0.4) is 0 Å². The first-order valence-corrected chi connectivity index (χ1v) is 7.22. The van der Waals surface area contributed by atoms with Crippen LogP contribution in [-0.2, 0) is 6.54 Å². The number of nitrogens with two attached hydrogens (primary N) is 1. The fraction of sp³-hybridized carbons (Fsp3) is 0.0556. The summed E-state index contributed by atoms with van der Waals surface area (Å²) in [6.07, 6.45) is 1.67. The van der Waals surface area contributed by atoms with Crippen LogP contribution in [0.1, 0.15) is 5.56 Å². The van der Waals surface area contributed by atoms with E-state index >= 15 is 0 Å². The number of halogens is 3. The molecule has 0 atom stereocenters. The average Bonchev–Trinajstić information content (AvgIpc) is 2.58. The van der Waals surface area contributed by atoms with E-state index in [4.69, 9.17) is 5.73 Å². The fourth-order valence-corrected chi connectivity index (χ4v) is 2.29. The van der Waals surface area contributed by atoms with Crippen molar-refractivity contribution in [3.8, 4) is 11.1 Å². The van der Waals surface area contributed by atoms with E-state index in [0.29, 0.717) is 11.5 Å². The lowest BCUT2D eigenvalue weighted by atomic mass is 10.1. The molecule has 0 saturated carbocycles. The van der Waals surface area contributed by atoms with E-state index in [1.807, 2.05) is 24.3 Å². The quantitative estimate of drug-likeness (QED) is 0.552. The minimum Gasteiger partial charge on any atom is -0.399 e. The second-order valence-corrected chi connectivity index (χ2v) is 5.28. The van der Waals surface area contributed by atoms with Crippen LogP contribution in [-0.4, -0.2) is 4.98 Å². The van der Waals surface area contributed by atoms with E-state index in [1.165, 1.54) is 0 Å². The van der Waals surface area contributed by atoms with Gasteiger partial charge in [0.2, 0.25) is 0 Å². The van der Waals surface area contributed by atoms with Crippen LogP contribution in [0, 0.1) is 17.5 Å². The Kier molecular flexibility index (Phi) is 4.37. The minimum atomic E-state index is -1.47. The number of rotatable bonds is 4. The summed E-state index contributed by atoms with van der Waals surface area (Å²) in [5, 5.41) is 2.93. The highest BCUT2D eigenvalue weighted by atomic mass is 19.2. The summed E-state index contributed by atoms with van der Waals surface area (Å²) in [4.78, 5) is 4.25. The van der Waals surface area contributed by atoms with Gasteiger partial charge in [-0.05, 0) is 47.5 Å². The number of benzene rings is 2. The maximum absolute atomic E-state index is 13.2. The van der Waals surface area contributed by atoms with Gasteiger partial charge < -0.3 is 11.1 Å².